The Morgan fingerprint density at radius 2 is 2.00 bits per heavy atom. The summed E-state index contributed by atoms with van der Waals surface area (Å²) in [6.45, 7) is 3.51. The predicted molar refractivity (Wildman–Crippen MR) is 92.4 cm³/mol. The highest BCUT2D eigenvalue weighted by atomic mass is 35.5. The molecule has 0 radical (unpaired) electrons. The van der Waals surface area contributed by atoms with E-state index in [1.165, 1.54) is 4.88 Å². The highest BCUT2D eigenvalue weighted by molar-refractivity contribution is 7.09. The molecule has 0 aliphatic heterocycles. The van der Waals surface area contributed by atoms with E-state index in [1.807, 2.05) is 35.2 Å². The molecule has 2 aromatic rings. The average molecular weight is 334 g/mol. The molecule has 3 rings (SSSR count). The first-order chi connectivity index (χ1) is 10.7. The molecule has 2 nitrogen and oxygen atoms in total. The molecule has 1 aromatic heterocycles. The topological polar surface area (TPSA) is 20.3 Å². The molecule has 0 unspecified atom stereocenters. The highest BCUT2D eigenvalue weighted by Gasteiger charge is 2.47. The third kappa shape index (κ3) is 2.80. The molecular weight excluding hydrogens is 314 g/mol. The van der Waals surface area contributed by atoms with Gasteiger partial charge in [-0.3, -0.25) is 4.79 Å². The summed E-state index contributed by atoms with van der Waals surface area (Å²) in [7, 11) is 0. The van der Waals surface area contributed by atoms with E-state index < -0.39 is 0 Å². The number of rotatable bonds is 5. The summed E-state index contributed by atoms with van der Waals surface area (Å²) in [4.78, 5) is 16.4. The molecule has 1 aliphatic rings. The Labute approximate surface area is 140 Å². The van der Waals surface area contributed by atoms with Gasteiger partial charge in [0, 0.05) is 16.4 Å². The molecule has 1 aromatic carbocycles. The van der Waals surface area contributed by atoms with Crippen LogP contribution in [-0.2, 0) is 16.8 Å². The van der Waals surface area contributed by atoms with E-state index in [0.717, 1.165) is 36.4 Å². The summed E-state index contributed by atoms with van der Waals surface area (Å²) in [5.74, 6) is 0.261. The fourth-order valence-corrected chi connectivity index (χ4v) is 3.99. The molecule has 1 fully saturated rings. The number of thiophene rings is 1. The summed E-state index contributed by atoms with van der Waals surface area (Å²) in [6.07, 6.45) is 2.99. The first-order valence-corrected chi connectivity index (χ1v) is 8.99. The maximum Gasteiger partial charge on any atom is 0.233 e. The van der Waals surface area contributed by atoms with Crippen LogP contribution in [0.15, 0.2) is 41.8 Å². The number of hydrogen-bond donors (Lipinski definition) is 0. The Morgan fingerprint density at radius 3 is 2.50 bits per heavy atom. The van der Waals surface area contributed by atoms with Gasteiger partial charge in [0.05, 0.1) is 12.0 Å². The van der Waals surface area contributed by atoms with Crippen LogP contribution in [0.2, 0.25) is 5.02 Å². The maximum atomic E-state index is 13.2. The number of halogens is 1. The second kappa shape index (κ2) is 6.43. The third-order valence-electron chi connectivity index (χ3n) is 4.61. The van der Waals surface area contributed by atoms with Crippen molar-refractivity contribution < 1.29 is 4.79 Å². The normalized spacial score (nSPS) is 16.1. The molecule has 4 heteroatoms. The quantitative estimate of drug-likeness (QED) is 0.764. The molecule has 0 N–H and O–H groups in total. The lowest BCUT2D eigenvalue weighted by Gasteiger charge is -2.43. The minimum absolute atomic E-state index is 0.261. The van der Waals surface area contributed by atoms with Gasteiger partial charge in [-0.15, -0.1) is 11.3 Å². The van der Waals surface area contributed by atoms with Crippen molar-refractivity contribution in [2.24, 2.45) is 0 Å². The number of amides is 1. The monoisotopic (exact) mass is 333 g/mol. The maximum absolute atomic E-state index is 13.2. The lowest BCUT2D eigenvalue weighted by Crippen LogP contribution is -2.50. The molecule has 0 atom stereocenters. The van der Waals surface area contributed by atoms with Gasteiger partial charge < -0.3 is 4.90 Å². The van der Waals surface area contributed by atoms with E-state index in [9.17, 15) is 4.79 Å². The molecule has 1 aliphatic carbocycles. The van der Waals surface area contributed by atoms with Crippen molar-refractivity contribution in [1.29, 1.82) is 0 Å². The van der Waals surface area contributed by atoms with Crippen LogP contribution in [0.25, 0.3) is 0 Å². The Balaban J connectivity index is 1.85. The Morgan fingerprint density at radius 1 is 1.27 bits per heavy atom. The second-order valence-electron chi connectivity index (χ2n) is 5.84. The number of carbonyl (C=O) groups is 1. The van der Waals surface area contributed by atoms with Crippen molar-refractivity contribution in [3.05, 3.63) is 57.2 Å². The molecule has 116 valence electrons. The largest absolute Gasteiger partial charge is 0.337 e. The number of hydrogen-bond acceptors (Lipinski definition) is 2. The summed E-state index contributed by atoms with van der Waals surface area (Å²) in [5, 5.41) is 2.78. The first-order valence-electron chi connectivity index (χ1n) is 7.73. The smallest absolute Gasteiger partial charge is 0.233 e. The zero-order valence-electron chi connectivity index (χ0n) is 12.7. The molecule has 1 saturated carbocycles. The van der Waals surface area contributed by atoms with Gasteiger partial charge in [0.2, 0.25) is 5.91 Å². The number of likely N-dealkylation sites (N-methyl/N-ethyl adjacent to an activating group) is 1. The lowest BCUT2D eigenvalue weighted by atomic mass is 9.63. The molecule has 0 spiro atoms. The van der Waals surface area contributed by atoms with Crippen LogP contribution in [0.3, 0.4) is 0 Å². The van der Waals surface area contributed by atoms with Crippen molar-refractivity contribution >= 4 is 28.8 Å². The van der Waals surface area contributed by atoms with Crippen molar-refractivity contribution in [2.45, 2.75) is 38.1 Å². The fraction of sp³-hybridized carbons (Fsp3) is 0.389. The van der Waals surface area contributed by atoms with E-state index >= 15 is 0 Å². The van der Waals surface area contributed by atoms with Gasteiger partial charge in [0.25, 0.3) is 0 Å². The summed E-state index contributed by atoms with van der Waals surface area (Å²) in [5.41, 5.74) is 0.774. The minimum atomic E-state index is -0.335. The van der Waals surface area contributed by atoms with Crippen LogP contribution in [0.5, 0.6) is 0 Å². The highest BCUT2D eigenvalue weighted by Crippen LogP contribution is 2.45. The predicted octanol–water partition coefficient (Wildman–Crippen LogP) is 4.87. The first kappa shape index (κ1) is 15.6. The molecule has 22 heavy (non-hydrogen) atoms. The summed E-state index contributed by atoms with van der Waals surface area (Å²) in [6, 6.07) is 11.9. The fourth-order valence-electron chi connectivity index (χ4n) is 3.15. The molecule has 1 amide bonds. The van der Waals surface area contributed by atoms with Gasteiger partial charge in [-0.25, -0.2) is 0 Å². The van der Waals surface area contributed by atoms with E-state index in [4.69, 9.17) is 11.6 Å². The van der Waals surface area contributed by atoms with E-state index in [0.29, 0.717) is 6.54 Å². The third-order valence-corrected chi connectivity index (χ3v) is 5.72. The van der Waals surface area contributed by atoms with Crippen molar-refractivity contribution in [1.82, 2.24) is 4.90 Å². The zero-order chi connectivity index (χ0) is 15.6. The summed E-state index contributed by atoms with van der Waals surface area (Å²) >= 11 is 7.70. The number of benzene rings is 1. The van der Waals surface area contributed by atoms with Crippen molar-refractivity contribution in [2.75, 3.05) is 6.54 Å². The summed E-state index contributed by atoms with van der Waals surface area (Å²) < 4.78 is 0. The SMILES string of the molecule is CCN(Cc1cccs1)C(=O)C1(c2ccc(Cl)cc2)CCC1. The molecule has 0 bridgehead atoms. The number of carbonyl (C=O) groups excluding carboxylic acids is 1. The molecule has 1 heterocycles. The van der Waals surface area contributed by atoms with Gasteiger partial charge in [-0.1, -0.05) is 36.2 Å². The van der Waals surface area contributed by atoms with E-state index in [1.54, 1.807) is 11.3 Å². The van der Waals surface area contributed by atoms with Crippen LogP contribution in [0.1, 0.15) is 36.6 Å². The van der Waals surface area contributed by atoms with Crippen LogP contribution in [0, 0.1) is 0 Å². The van der Waals surface area contributed by atoms with Gasteiger partial charge >= 0.3 is 0 Å². The minimum Gasteiger partial charge on any atom is -0.337 e. The lowest BCUT2D eigenvalue weighted by molar-refractivity contribution is -0.141. The van der Waals surface area contributed by atoms with Crippen LogP contribution < -0.4 is 0 Å². The van der Waals surface area contributed by atoms with Gasteiger partial charge in [-0.2, -0.15) is 0 Å². The average Bonchev–Trinajstić information content (AvgIpc) is 2.98. The second-order valence-corrected chi connectivity index (χ2v) is 7.31. The van der Waals surface area contributed by atoms with E-state index in [2.05, 4.69) is 18.4 Å². The Hall–Kier alpha value is -1.32. The standard InChI is InChI=1S/C18H20ClNOS/c1-2-20(13-16-5-3-12-22-16)17(21)18(10-4-11-18)14-6-8-15(19)9-7-14/h3,5-9,12H,2,4,10-11,13H2,1H3. The van der Waals surface area contributed by atoms with Gasteiger partial charge in [-0.05, 0) is 48.9 Å². The number of nitrogens with zero attached hydrogens (tertiary/aromatic N) is 1. The van der Waals surface area contributed by atoms with E-state index in [-0.39, 0.29) is 11.3 Å². The Bertz CT molecular complexity index is 632. The van der Waals surface area contributed by atoms with Crippen LogP contribution in [-0.4, -0.2) is 17.4 Å². The van der Waals surface area contributed by atoms with Crippen molar-refractivity contribution in [3.8, 4) is 0 Å². The van der Waals surface area contributed by atoms with Crippen LogP contribution in [0.4, 0.5) is 0 Å². The van der Waals surface area contributed by atoms with Crippen molar-refractivity contribution in [3.63, 3.8) is 0 Å². The molecular formula is C18H20ClNOS. The van der Waals surface area contributed by atoms with Gasteiger partial charge in [0.15, 0.2) is 0 Å². The molecule has 0 saturated heterocycles. The zero-order valence-corrected chi connectivity index (χ0v) is 14.3. The van der Waals surface area contributed by atoms with Crippen LogP contribution >= 0.6 is 22.9 Å². The van der Waals surface area contributed by atoms with Gasteiger partial charge in [0.1, 0.15) is 0 Å². The Kier molecular flexibility index (Phi) is 4.55.